The van der Waals surface area contributed by atoms with E-state index in [-0.39, 0.29) is 11.4 Å². The van der Waals surface area contributed by atoms with Gasteiger partial charge < -0.3 is 9.64 Å². The minimum absolute atomic E-state index is 0.0306. The van der Waals surface area contributed by atoms with Gasteiger partial charge in [-0.3, -0.25) is 5.32 Å². The first-order valence-corrected chi connectivity index (χ1v) is 8.78. The highest BCUT2D eigenvalue weighted by Gasteiger charge is 2.42. The summed E-state index contributed by atoms with van der Waals surface area (Å²) in [6.45, 7) is 5.32. The summed E-state index contributed by atoms with van der Waals surface area (Å²) in [6.07, 6.45) is 2.12. The van der Waals surface area contributed by atoms with Gasteiger partial charge in [0.25, 0.3) is 0 Å². The molecule has 1 spiro atoms. The Hall–Kier alpha value is -1.18. The van der Waals surface area contributed by atoms with E-state index in [4.69, 9.17) is 4.74 Å². The summed E-state index contributed by atoms with van der Waals surface area (Å²) in [7, 11) is 0. The van der Waals surface area contributed by atoms with Crippen LogP contribution in [0.15, 0.2) is 6.07 Å². The molecule has 112 valence electrons. The third-order valence-electron chi connectivity index (χ3n) is 4.34. The number of nitrogens with one attached hydrogen (secondary N) is 1. The fourth-order valence-corrected chi connectivity index (χ4v) is 5.17. The van der Waals surface area contributed by atoms with Crippen LogP contribution in [0.3, 0.4) is 0 Å². The lowest BCUT2D eigenvalue weighted by Crippen LogP contribution is -2.35. The van der Waals surface area contributed by atoms with Gasteiger partial charge in [0.1, 0.15) is 4.83 Å². The first-order valence-electron chi connectivity index (χ1n) is 7.14. The van der Waals surface area contributed by atoms with Crippen LogP contribution in [0.5, 0.6) is 0 Å². The normalized spacial score (nSPS) is 25.3. The van der Waals surface area contributed by atoms with Gasteiger partial charge in [0, 0.05) is 30.0 Å². The molecule has 1 N–H and O–H groups in total. The van der Waals surface area contributed by atoms with Crippen LogP contribution in [0.2, 0.25) is 0 Å². The van der Waals surface area contributed by atoms with E-state index < -0.39 is 0 Å². The molecule has 1 unspecified atom stereocenters. The number of anilines is 1. The number of carbonyl (C=O) groups is 1. The van der Waals surface area contributed by atoms with Crippen LogP contribution in [0.4, 0.5) is 9.93 Å². The summed E-state index contributed by atoms with van der Waals surface area (Å²) in [5, 5.41) is 3.64. The number of carbonyl (C=O) groups excluding carboxylic acids is 1. The predicted molar refractivity (Wildman–Crippen MR) is 85.3 cm³/mol. The highest BCUT2D eigenvalue weighted by Crippen LogP contribution is 2.38. The van der Waals surface area contributed by atoms with Crippen LogP contribution in [0.25, 0.3) is 9.53 Å². The molecular weight excluding hydrogens is 306 g/mol. The zero-order valence-corrected chi connectivity index (χ0v) is 13.5. The maximum Gasteiger partial charge on any atom is 0.323 e. The molecule has 2 saturated heterocycles. The second-order valence-electron chi connectivity index (χ2n) is 5.95. The lowest BCUT2D eigenvalue weighted by atomic mass is 9.87. The second kappa shape index (κ2) is 4.93. The Balaban J connectivity index is 1.44. The third-order valence-corrected chi connectivity index (χ3v) is 6.33. The standard InChI is InChI=1S/C14H17N3O2S2/c1-9-6-10-11(20-9)15-12(21-10)16-13(18)17-4-2-14(7-17)3-5-19-8-14/h6H,2-5,7-8H2,1H3,(H,15,16,18). The number of amides is 2. The minimum Gasteiger partial charge on any atom is -0.381 e. The first kappa shape index (κ1) is 13.5. The number of fused-ring (bicyclic) bond motifs is 1. The van der Waals surface area contributed by atoms with Gasteiger partial charge in [0.2, 0.25) is 0 Å². The zero-order chi connectivity index (χ0) is 14.4. The SMILES string of the molecule is Cc1cc2sc(NC(=O)N3CCC4(CCOC4)C3)nc2s1. The van der Waals surface area contributed by atoms with Crippen molar-refractivity contribution in [3.63, 3.8) is 0 Å². The largest absolute Gasteiger partial charge is 0.381 e. The van der Waals surface area contributed by atoms with Crippen molar-refractivity contribution in [1.29, 1.82) is 0 Å². The van der Waals surface area contributed by atoms with Crippen molar-refractivity contribution in [2.45, 2.75) is 19.8 Å². The van der Waals surface area contributed by atoms with Crippen molar-refractivity contribution in [1.82, 2.24) is 9.88 Å². The highest BCUT2D eigenvalue weighted by atomic mass is 32.1. The van der Waals surface area contributed by atoms with Gasteiger partial charge in [-0.2, -0.15) is 0 Å². The van der Waals surface area contributed by atoms with E-state index >= 15 is 0 Å². The summed E-state index contributed by atoms with van der Waals surface area (Å²) in [4.78, 5) is 21.0. The molecule has 2 amide bonds. The van der Waals surface area contributed by atoms with Crippen molar-refractivity contribution in [2.75, 3.05) is 31.6 Å². The van der Waals surface area contributed by atoms with Crippen molar-refractivity contribution >= 4 is 43.4 Å². The van der Waals surface area contributed by atoms with Gasteiger partial charge in [-0.05, 0) is 25.8 Å². The predicted octanol–water partition coefficient (Wildman–Crippen LogP) is 3.31. The smallest absolute Gasteiger partial charge is 0.323 e. The molecule has 0 bridgehead atoms. The molecular formula is C14H17N3O2S2. The van der Waals surface area contributed by atoms with Gasteiger partial charge in [-0.15, -0.1) is 11.3 Å². The summed E-state index contributed by atoms with van der Waals surface area (Å²) >= 11 is 3.21. The lowest BCUT2D eigenvalue weighted by molar-refractivity contribution is 0.154. The maximum absolute atomic E-state index is 12.4. The topological polar surface area (TPSA) is 54.5 Å². The number of urea groups is 1. The number of aromatic nitrogens is 1. The Morgan fingerprint density at radius 1 is 1.48 bits per heavy atom. The number of hydrogen-bond donors (Lipinski definition) is 1. The Morgan fingerprint density at radius 3 is 3.14 bits per heavy atom. The molecule has 2 fully saturated rings. The molecule has 2 aromatic rings. The monoisotopic (exact) mass is 323 g/mol. The first-order chi connectivity index (χ1) is 10.1. The Morgan fingerprint density at radius 2 is 2.38 bits per heavy atom. The quantitative estimate of drug-likeness (QED) is 0.876. The van der Waals surface area contributed by atoms with Crippen LogP contribution in [0.1, 0.15) is 17.7 Å². The minimum atomic E-state index is -0.0306. The van der Waals surface area contributed by atoms with Crippen LogP contribution in [-0.2, 0) is 4.74 Å². The summed E-state index contributed by atoms with van der Waals surface area (Å²) in [5.74, 6) is 0. The number of aryl methyl sites for hydroxylation is 1. The Labute approximate surface area is 130 Å². The van der Waals surface area contributed by atoms with Crippen molar-refractivity contribution in [3.8, 4) is 0 Å². The van der Waals surface area contributed by atoms with Crippen molar-refractivity contribution in [2.24, 2.45) is 5.41 Å². The number of thiazole rings is 1. The Kier molecular flexibility index (Phi) is 3.16. The fraction of sp³-hybridized carbons (Fsp3) is 0.571. The summed E-state index contributed by atoms with van der Waals surface area (Å²) in [6, 6.07) is 2.09. The van der Waals surface area contributed by atoms with E-state index in [1.165, 1.54) is 4.88 Å². The molecule has 0 saturated carbocycles. The van der Waals surface area contributed by atoms with Crippen molar-refractivity contribution < 1.29 is 9.53 Å². The average molecular weight is 323 g/mol. The van der Waals surface area contributed by atoms with Gasteiger partial charge in [0.05, 0.1) is 11.3 Å². The summed E-state index contributed by atoms with van der Waals surface area (Å²) in [5.41, 5.74) is 0.206. The second-order valence-corrected chi connectivity index (χ2v) is 8.22. The number of ether oxygens (including phenoxy) is 1. The molecule has 4 rings (SSSR count). The molecule has 0 radical (unpaired) electrons. The molecule has 5 nitrogen and oxygen atoms in total. The fourth-order valence-electron chi connectivity index (χ4n) is 3.15. The molecule has 2 aliphatic heterocycles. The van der Waals surface area contributed by atoms with Gasteiger partial charge >= 0.3 is 6.03 Å². The Bertz CT molecular complexity index is 656. The average Bonchev–Trinajstić information content (AvgIpc) is 3.16. The molecule has 7 heteroatoms. The van der Waals surface area contributed by atoms with E-state index in [1.54, 1.807) is 22.7 Å². The van der Waals surface area contributed by atoms with Gasteiger partial charge in [0.15, 0.2) is 5.13 Å². The molecule has 4 heterocycles. The number of hydrogen-bond acceptors (Lipinski definition) is 5. The van der Waals surface area contributed by atoms with Gasteiger partial charge in [-0.25, -0.2) is 9.78 Å². The van der Waals surface area contributed by atoms with E-state index in [1.807, 2.05) is 4.90 Å². The van der Waals surface area contributed by atoms with E-state index in [0.29, 0.717) is 5.13 Å². The zero-order valence-electron chi connectivity index (χ0n) is 11.8. The van der Waals surface area contributed by atoms with Crippen LogP contribution < -0.4 is 5.32 Å². The summed E-state index contributed by atoms with van der Waals surface area (Å²) < 4.78 is 6.65. The van der Waals surface area contributed by atoms with Crippen molar-refractivity contribution in [3.05, 3.63) is 10.9 Å². The number of nitrogens with zero attached hydrogens (tertiary/aromatic N) is 2. The molecule has 0 aliphatic carbocycles. The molecule has 2 aromatic heterocycles. The van der Waals surface area contributed by atoms with E-state index in [2.05, 4.69) is 23.3 Å². The number of rotatable bonds is 1. The molecule has 2 aliphatic rings. The van der Waals surface area contributed by atoms with E-state index in [9.17, 15) is 4.79 Å². The van der Waals surface area contributed by atoms with E-state index in [0.717, 1.165) is 48.7 Å². The van der Waals surface area contributed by atoms with Crippen LogP contribution in [0, 0.1) is 12.3 Å². The highest BCUT2D eigenvalue weighted by molar-refractivity contribution is 7.29. The maximum atomic E-state index is 12.4. The molecule has 1 atom stereocenters. The van der Waals surface area contributed by atoms with Crippen LogP contribution in [-0.4, -0.2) is 42.2 Å². The molecule has 0 aromatic carbocycles. The van der Waals surface area contributed by atoms with Gasteiger partial charge in [-0.1, -0.05) is 11.3 Å². The van der Waals surface area contributed by atoms with Crippen LogP contribution >= 0.6 is 22.7 Å². The molecule has 21 heavy (non-hydrogen) atoms. The number of likely N-dealkylation sites (tertiary alicyclic amines) is 1. The third kappa shape index (κ3) is 2.43. The lowest BCUT2D eigenvalue weighted by Gasteiger charge is -2.21. The number of thiophene rings is 1.